The van der Waals surface area contributed by atoms with Crippen molar-refractivity contribution in [3.63, 3.8) is 0 Å². The number of nitrogens with zero attached hydrogens (tertiary/aromatic N) is 1. The molecule has 0 bridgehead atoms. The largest absolute Gasteiger partial charge is 0.475 e. The summed E-state index contributed by atoms with van der Waals surface area (Å²) in [6.07, 6.45) is 7.00. The Morgan fingerprint density at radius 2 is 1.79 bits per heavy atom. The Hall–Kier alpha value is -1.32. The molecule has 0 aliphatic heterocycles. The number of aromatic carboxylic acids is 1. The van der Waals surface area contributed by atoms with Gasteiger partial charge in [-0.15, -0.1) is 0 Å². The van der Waals surface area contributed by atoms with Gasteiger partial charge in [-0.2, -0.15) is 0 Å². The lowest BCUT2D eigenvalue weighted by Gasteiger charge is -2.15. The molecule has 4 heteroatoms. The average molecular weight is 265 g/mol. The summed E-state index contributed by atoms with van der Waals surface area (Å²) in [5.41, 5.74) is 0.263. The number of oxazole rings is 1. The molecule has 0 amide bonds. The minimum Gasteiger partial charge on any atom is -0.475 e. The summed E-state index contributed by atoms with van der Waals surface area (Å²) in [7, 11) is 0. The van der Waals surface area contributed by atoms with Gasteiger partial charge in [0, 0.05) is 11.3 Å². The SMILES string of the molecule is CC(C)(C)c1nc(C2CCCCCC2)oc1C(=O)O. The number of hydrogen-bond donors (Lipinski definition) is 1. The Kier molecular flexibility index (Phi) is 3.97. The summed E-state index contributed by atoms with van der Waals surface area (Å²) in [5, 5.41) is 9.26. The fraction of sp³-hybridized carbons (Fsp3) is 0.733. The van der Waals surface area contributed by atoms with Gasteiger partial charge in [-0.1, -0.05) is 46.5 Å². The molecule has 0 atom stereocenters. The van der Waals surface area contributed by atoms with Crippen LogP contribution in [-0.4, -0.2) is 16.1 Å². The third-order valence-corrected chi connectivity index (χ3v) is 3.75. The first-order valence-corrected chi connectivity index (χ1v) is 7.14. The van der Waals surface area contributed by atoms with E-state index in [-0.39, 0.29) is 17.1 Å². The fourth-order valence-electron chi connectivity index (χ4n) is 2.69. The molecule has 1 aliphatic carbocycles. The second-order valence-corrected chi connectivity index (χ2v) is 6.47. The molecule has 106 valence electrons. The lowest BCUT2D eigenvalue weighted by molar-refractivity contribution is 0.0655. The topological polar surface area (TPSA) is 63.3 Å². The second-order valence-electron chi connectivity index (χ2n) is 6.47. The molecule has 0 unspecified atom stereocenters. The molecule has 1 aromatic heterocycles. The smallest absolute Gasteiger partial charge is 0.373 e. The van der Waals surface area contributed by atoms with Crippen LogP contribution < -0.4 is 0 Å². The summed E-state index contributed by atoms with van der Waals surface area (Å²) in [6.45, 7) is 5.90. The molecule has 1 heterocycles. The Morgan fingerprint density at radius 1 is 1.21 bits per heavy atom. The number of rotatable bonds is 2. The number of carboxylic acid groups (broad SMARTS) is 1. The van der Waals surface area contributed by atoms with Crippen LogP contribution in [0.4, 0.5) is 0 Å². The van der Waals surface area contributed by atoms with Gasteiger partial charge < -0.3 is 9.52 Å². The van der Waals surface area contributed by atoms with Crippen molar-refractivity contribution in [3.05, 3.63) is 17.3 Å². The molecule has 1 aliphatic rings. The van der Waals surface area contributed by atoms with E-state index in [4.69, 9.17) is 4.42 Å². The second kappa shape index (κ2) is 5.35. The van der Waals surface area contributed by atoms with Gasteiger partial charge in [0.05, 0.1) is 5.69 Å². The predicted molar refractivity (Wildman–Crippen MR) is 72.6 cm³/mol. The van der Waals surface area contributed by atoms with Crippen molar-refractivity contribution in [1.29, 1.82) is 0 Å². The van der Waals surface area contributed by atoms with Gasteiger partial charge in [0.2, 0.25) is 5.76 Å². The Balaban J connectivity index is 2.34. The first-order chi connectivity index (χ1) is 8.89. The van der Waals surface area contributed by atoms with E-state index in [0.29, 0.717) is 11.6 Å². The lowest BCUT2D eigenvalue weighted by atomic mass is 9.91. The summed E-state index contributed by atoms with van der Waals surface area (Å²) in [4.78, 5) is 15.8. The Morgan fingerprint density at radius 3 is 2.21 bits per heavy atom. The zero-order valence-corrected chi connectivity index (χ0v) is 12.0. The molecule has 0 radical (unpaired) electrons. The highest BCUT2D eigenvalue weighted by Crippen LogP contribution is 2.34. The quantitative estimate of drug-likeness (QED) is 0.817. The van der Waals surface area contributed by atoms with Crippen LogP contribution in [-0.2, 0) is 5.41 Å². The van der Waals surface area contributed by atoms with Crippen LogP contribution in [0.25, 0.3) is 0 Å². The molecule has 0 spiro atoms. The third-order valence-electron chi connectivity index (χ3n) is 3.75. The zero-order valence-electron chi connectivity index (χ0n) is 12.0. The first-order valence-electron chi connectivity index (χ1n) is 7.14. The van der Waals surface area contributed by atoms with Crippen molar-refractivity contribution < 1.29 is 14.3 Å². The zero-order chi connectivity index (χ0) is 14.0. The minimum absolute atomic E-state index is 0.0201. The molecule has 19 heavy (non-hydrogen) atoms. The van der Waals surface area contributed by atoms with Crippen LogP contribution in [0.5, 0.6) is 0 Å². The van der Waals surface area contributed by atoms with E-state index in [2.05, 4.69) is 4.98 Å². The number of carboxylic acids is 1. The first kappa shape index (κ1) is 14.1. The summed E-state index contributed by atoms with van der Waals surface area (Å²) in [5.74, 6) is -0.0787. The fourth-order valence-corrected chi connectivity index (χ4v) is 2.69. The standard InChI is InChI=1S/C15H23NO3/c1-15(2,3)12-11(14(17)18)19-13(16-12)10-8-6-4-5-7-9-10/h10H,4-9H2,1-3H3,(H,17,18). The van der Waals surface area contributed by atoms with E-state index in [1.165, 1.54) is 25.7 Å². The summed E-state index contributed by atoms with van der Waals surface area (Å²) >= 11 is 0. The Labute approximate surface area is 114 Å². The molecule has 1 N–H and O–H groups in total. The van der Waals surface area contributed by atoms with E-state index in [0.717, 1.165) is 12.8 Å². The molecule has 2 rings (SSSR count). The van der Waals surface area contributed by atoms with Gasteiger partial charge >= 0.3 is 5.97 Å². The average Bonchev–Trinajstić information content (AvgIpc) is 2.60. The molecule has 1 fully saturated rings. The van der Waals surface area contributed by atoms with Crippen LogP contribution in [0.15, 0.2) is 4.42 Å². The van der Waals surface area contributed by atoms with Gasteiger partial charge in [0.1, 0.15) is 0 Å². The van der Waals surface area contributed by atoms with Gasteiger partial charge in [0.15, 0.2) is 5.89 Å². The highest BCUT2D eigenvalue weighted by atomic mass is 16.4. The van der Waals surface area contributed by atoms with E-state index < -0.39 is 5.97 Å². The van der Waals surface area contributed by atoms with Crippen molar-refractivity contribution in [3.8, 4) is 0 Å². The van der Waals surface area contributed by atoms with Gasteiger partial charge in [0.25, 0.3) is 0 Å². The molecular formula is C15H23NO3. The monoisotopic (exact) mass is 265 g/mol. The molecule has 1 aromatic rings. The maximum Gasteiger partial charge on any atom is 0.373 e. The van der Waals surface area contributed by atoms with Gasteiger partial charge in [-0.05, 0) is 12.8 Å². The highest BCUT2D eigenvalue weighted by molar-refractivity contribution is 5.86. The van der Waals surface area contributed by atoms with E-state index in [1.807, 2.05) is 20.8 Å². The molecular weight excluding hydrogens is 242 g/mol. The number of aromatic nitrogens is 1. The summed E-state index contributed by atoms with van der Waals surface area (Å²) in [6, 6.07) is 0. The maximum atomic E-state index is 11.3. The molecule has 0 aromatic carbocycles. The number of carbonyl (C=O) groups is 1. The van der Waals surface area contributed by atoms with Crippen LogP contribution in [0.2, 0.25) is 0 Å². The van der Waals surface area contributed by atoms with E-state index in [9.17, 15) is 9.90 Å². The third kappa shape index (κ3) is 3.17. The van der Waals surface area contributed by atoms with Gasteiger partial charge in [-0.3, -0.25) is 0 Å². The Bertz CT molecular complexity index is 448. The van der Waals surface area contributed by atoms with Crippen LogP contribution in [0.3, 0.4) is 0 Å². The number of hydrogen-bond acceptors (Lipinski definition) is 3. The van der Waals surface area contributed by atoms with Crippen LogP contribution in [0, 0.1) is 0 Å². The van der Waals surface area contributed by atoms with Crippen molar-refractivity contribution in [2.24, 2.45) is 0 Å². The van der Waals surface area contributed by atoms with Crippen molar-refractivity contribution in [2.45, 2.75) is 70.6 Å². The maximum absolute atomic E-state index is 11.3. The van der Waals surface area contributed by atoms with Crippen molar-refractivity contribution >= 4 is 5.97 Å². The van der Waals surface area contributed by atoms with E-state index in [1.54, 1.807) is 0 Å². The summed E-state index contributed by atoms with van der Waals surface area (Å²) < 4.78 is 5.59. The van der Waals surface area contributed by atoms with Crippen molar-refractivity contribution in [1.82, 2.24) is 4.98 Å². The van der Waals surface area contributed by atoms with Crippen LogP contribution in [0.1, 0.15) is 87.4 Å². The highest BCUT2D eigenvalue weighted by Gasteiger charge is 2.31. The molecule has 0 saturated heterocycles. The van der Waals surface area contributed by atoms with Gasteiger partial charge in [-0.25, -0.2) is 9.78 Å². The van der Waals surface area contributed by atoms with Crippen LogP contribution >= 0.6 is 0 Å². The molecule has 1 saturated carbocycles. The lowest BCUT2D eigenvalue weighted by Crippen LogP contribution is -2.16. The van der Waals surface area contributed by atoms with Crippen molar-refractivity contribution in [2.75, 3.05) is 0 Å². The normalized spacial score (nSPS) is 18.3. The minimum atomic E-state index is -1.02. The van der Waals surface area contributed by atoms with E-state index >= 15 is 0 Å². The molecule has 4 nitrogen and oxygen atoms in total. The predicted octanol–water partition coefficient (Wildman–Crippen LogP) is 4.11.